The Morgan fingerprint density at radius 2 is 1.75 bits per heavy atom. The Morgan fingerprint density at radius 3 is 2.44 bits per heavy atom. The van der Waals surface area contributed by atoms with Crippen molar-refractivity contribution in [1.82, 2.24) is 19.9 Å². The first-order valence-electron chi connectivity index (χ1n) is 10.3. The lowest BCUT2D eigenvalue weighted by Crippen LogP contribution is -2.48. The number of nitrogens with zero attached hydrogens (tertiary/aromatic N) is 6. The molecule has 1 aliphatic heterocycles. The van der Waals surface area contributed by atoms with Crippen LogP contribution in [0.25, 0.3) is 21.7 Å². The van der Waals surface area contributed by atoms with Crippen LogP contribution < -0.4 is 4.90 Å². The standard InChI is InChI=1S/C23H20N6O2S/c1-15-18(23(30)29-13-11-28(12-14-29)16-7-3-2-4-8-16)19-20(32-15)22(27-31)26-21(25-19)17-9-5-6-10-24-17/h2-10H,11-14H2,1H3. The van der Waals surface area contributed by atoms with E-state index in [-0.39, 0.29) is 17.5 Å². The maximum Gasteiger partial charge on any atom is 0.257 e. The highest BCUT2D eigenvalue weighted by Crippen LogP contribution is 2.37. The summed E-state index contributed by atoms with van der Waals surface area (Å²) in [6.07, 6.45) is 1.63. The molecule has 8 nitrogen and oxygen atoms in total. The van der Waals surface area contributed by atoms with Crippen molar-refractivity contribution < 1.29 is 4.79 Å². The molecule has 1 saturated heterocycles. The molecule has 1 aromatic carbocycles. The van der Waals surface area contributed by atoms with Crippen LogP contribution in [-0.2, 0) is 0 Å². The number of aryl methyl sites for hydroxylation is 1. The summed E-state index contributed by atoms with van der Waals surface area (Å²) in [5, 5.41) is 3.10. The van der Waals surface area contributed by atoms with E-state index in [2.05, 4.69) is 37.2 Å². The highest BCUT2D eigenvalue weighted by Gasteiger charge is 2.28. The predicted octanol–water partition coefficient (Wildman–Crippen LogP) is 4.42. The number of piperazine rings is 1. The summed E-state index contributed by atoms with van der Waals surface area (Å²) in [4.78, 5) is 43.1. The van der Waals surface area contributed by atoms with Crippen LogP contribution in [0.4, 0.5) is 11.5 Å². The molecule has 3 aromatic heterocycles. The van der Waals surface area contributed by atoms with E-state index in [1.807, 2.05) is 36.1 Å². The molecule has 5 rings (SSSR count). The van der Waals surface area contributed by atoms with Gasteiger partial charge in [0, 0.05) is 42.9 Å². The van der Waals surface area contributed by atoms with Crippen LogP contribution in [-0.4, -0.2) is 51.9 Å². The summed E-state index contributed by atoms with van der Waals surface area (Å²) in [7, 11) is 0. The smallest absolute Gasteiger partial charge is 0.257 e. The molecule has 1 fully saturated rings. The monoisotopic (exact) mass is 444 g/mol. The van der Waals surface area contributed by atoms with Gasteiger partial charge in [-0.2, -0.15) is 0 Å². The highest BCUT2D eigenvalue weighted by molar-refractivity contribution is 7.20. The van der Waals surface area contributed by atoms with Crippen molar-refractivity contribution in [3.8, 4) is 11.5 Å². The summed E-state index contributed by atoms with van der Waals surface area (Å²) in [6.45, 7) is 4.61. The van der Waals surface area contributed by atoms with Crippen LogP contribution in [0.3, 0.4) is 0 Å². The van der Waals surface area contributed by atoms with Gasteiger partial charge in [0.2, 0.25) is 5.82 Å². The molecule has 1 amide bonds. The quantitative estimate of drug-likeness (QED) is 0.433. The van der Waals surface area contributed by atoms with Crippen molar-refractivity contribution in [3.63, 3.8) is 0 Å². The lowest BCUT2D eigenvalue weighted by molar-refractivity contribution is 0.0748. The maximum absolute atomic E-state index is 13.5. The molecular weight excluding hydrogens is 424 g/mol. The first kappa shape index (κ1) is 20.2. The minimum absolute atomic E-state index is 0.0386. The van der Waals surface area contributed by atoms with E-state index in [9.17, 15) is 9.70 Å². The fraction of sp³-hybridized carbons (Fsp3) is 0.217. The Kier molecular flexibility index (Phi) is 5.32. The highest BCUT2D eigenvalue weighted by atomic mass is 32.1. The summed E-state index contributed by atoms with van der Waals surface area (Å²) >= 11 is 1.33. The molecule has 4 heterocycles. The molecule has 1 aliphatic rings. The first-order chi connectivity index (χ1) is 15.7. The molecule has 0 atom stereocenters. The van der Waals surface area contributed by atoms with Gasteiger partial charge in [-0.1, -0.05) is 24.3 Å². The number of carbonyl (C=O) groups is 1. The summed E-state index contributed by atoms with van der Waals surface area (Å²) in [5.74, 6) is 0.245. The fourth-order valence-electron chi connectivity index (χ4n) is 3.96. The second-order valence-electron chi connectivity index (χ2n) is 7.50. The SMILES string of the molecule is Cc1sc2c(N=O)nc(-c3ccccn3)nc2c1C(=O)N1CCN(c2ccccc2)CC1. The zero-order chi connectivity index (χ0) is 22.1. The molecular formula is C23H20N6O2S. The molecule has 9 heteroatoms. The number of para-hydroxylation sites is 1. The van der Waals surface area contributed by atoms with E-state index in [1.54, 1.807) is 18.3 Å². The zero-order valence-corrected chi connectivity index (χ0v) is 18.2. The van der Waals surface area contributed by atoms with E-state index in [0.29, 0.717) is 34.6 Å². The molecule has 0 unspecified atom stereocenters. The van der Waals surface area contributed by atoms with Crippen LogP contribution in [0.1, 0.15) is 15.2 Å². The Labute approximate surface area is 188 Å². The van der Waals surface area contributed by atoms with E-state index in [0.717, 1.165) is 23.7 Å². The third-order valence-corrected chi connectivity index (χ3v) is 6.66. The third kappa shape index (κ3) is 3.60. The number of nitroso groups, excluding NO2 is 1. The van der Waals surface area contributed by atoms with E-state index < -0.39 is 0 Å². The second-order valence-corrected chi connectivity index (χ2v) is 8.73. The number of amides is 1. The van der Waals surface area contributed by atoms with E-state index in [1.165, 1.54) is 11.3 Å². The largest absolute Gasteiger partial charge is 0.368 e. The van der Waals surface area contributed by atoms with Gasteiger partial charge in [0.05, 0.1) is 5.56 Å². The molecule has 0 saturated carbocycles. The number of rotatable bonds is 4. The van der Waals surface area contributed by atoms with Gasteiger partial charge in [-0.25, -0.2) is 9.97 Å². The number of hydrogen-bond acceptors (Lipinski definition) is 8. The molecule has 0 N–H and O–H groups in total. The van der Waals surface area contributed by atoms with Crippen molar-refractivity contribution in [2.75, 3.05) is 31.1 Å². The summed E-state index contributed by atoms with van der Waals surface area (Å²) in [6, 6.07) is 15.6. The molecule has 0 aliphatic carbocycles. The van der Waals surface area contributed by atoms with Crippen LogP contribution >= 0.6 is 11.3 Å². The van der Waals surface area contributed by atoms with Gasteiger partial charge in [-0.05, 0) is 36.4 Å². The van der Waals surface area contributed by atoms with E-state index in [4.69, 9.17) is 0 Å². The third-order valence-electron chi connectivity index (χ3n) is 5.57. The number of fused-ring (bicyclic) bond motifs is 1. The minimum atomic E-state index is -0.0796. The fourth-order valence-corrected chi connectivity index (χ4v) is 4.97. The molecule has 32 heavy (non-hydrogen) atoms. The van der Waals surface area contributed by atoms with Gasteiger partial charge in [-0.3, -0.25) is 9.78 Å². The Hall–Kier alpha value is -3.72. The number of carbonyl (C=O) groups excluding carboxylic acids is 1. The lowest BCUT2D eigenvalue weighted by atomic mass is 10.1. The Morgan fingerprint density at radius 1 is 1.00 bits per heavy atom. The number of pyridine rings is 1. The topological polar surface area (TPSA) is 91.6 Å². The molecule has 0 bridgehead atoms. The second kappa shape index (κ2) is 8.43. The van der Waals surface area contributed by atoms with Gasteiger partial charge in [0.15, 0.2) is 5.82 Å². The minimum Gasteiger partial charge on any atom is -0.368 e. The van der Waals surface area contributed by atoms with Crippen LogP contribution in [0.5, 0.6) is 0 Å². The number of hydrogen-bond donors (Lipinski definition) is 0. The lowest BCUT2D eigenvalue weighted by Gasteiger charge is -2.36. The van der Waals surface area contributed by atoms with Crippen LogP contribution in [0, 0.1) is 11.8 Å². The zero-order valence-electron chi connectivity index (χ0n) is 17.4. The number of anilines is 1. The van der Waals surface area contributed by atoms with Gasteiger partial charge >= 0.3 is 0 Å². The maximum atomic E-state index is 13.5. The van der Waals surface area contributed by atoms with Crippen LogP contribution in [0.2, 0.25) is 0 Å². The predicted molar refractivity (Wildman–Crippen MR) is 125 cm³/mol. The van der Waals surface area contributed by atoms with Crippen molar-refractivity contribution in [2.45, 2.75) is 6.92 Å². The van der Waals surface area contributed by atoms with Crippen LogP contribution in [0.15, 0.2) is 59.9 Å². The molecule has 4 aromatic rings. The Bertz CT molecular complexity index is 1280. The van der Waals surface area contributed by atoms with Crippen molar-refractivity contribution >= 4 is 39.0 Å². The van der Waals surface area contributed by atoms with Gasteiger partial charge in [0.1, 0.15) is 15.9 Å². The van der Waals surface area contributed by atoms with E-state index >= 15 is 0 Å². The molecule has 160 valence electrons. The average Bonchev–Trinajstić information content (AvgIpc) is 3.20. The van der Waals surface area contributed by atoms with Gasteiger partial charge in [0.25, 0.3) is 5.91 Å². The summed E-state index contributed by atoms with van der Waals surface area (Å²) < 4.78 is 0.531. The van der Waals surface area contributed by atoms with Crippen molar-refractivity contribution in [1.29, 1.82) is 0 Å². The average molecular weight is 445 g/mol. The Balaban J connectivity index is 1.48. The van der Waals surface area contributed by atoms with Gasteiger partial charge < -0.3 is 9.80 Å². The number of benzene rings is 1. The van der Waals surface area contributed by atoms with Crippen molar-refractivity contribution in [3.05, 3.63) is 70.1 Å². The normalized spacial score (nSPS) is 14.0. The molecule has 0 spiro atoms. The summed E-state index contributed by atoms with van der Waals surface area (Å²) in [5.41, 5.74) is 2.67. The van der Waals surface area contributed by atoms with Crippen molar-refractivity contribution in [2.24, 2.45) is 5.18 Å². The molecule has 0 radical (unpaired) electrons. The first-order valence-corrected chi connectivity index (χ1v) is 11.1. The number of thiophene rings is 1. The van der Waals surface area contributed by atoms with Gasteiger partial charge in [-0.15, -0.1) is 16.2 Å². The number of aromatic nitrogens is 3.